The molecule has 0 atom stereocenters. The van der Waals surface area contributed by atoms with E-state index in [1.807, 2.05) is 45.0 Å². The lowest BCUT2D eigenvalue weighted by Crippen LogP contribution is -2.12. The molecule has 0 fully saturated rings. The van der Waals surface area contributed by atoms with Gasteiger partial charge in [0, 0.05) is 40.1 Å². The van der Waals surface area contributed by atoms with Crippen molar-refractivity contribution in [1.82, 2.24) is 15.2 Å². The van der Waals surface area contributed by atoms with Crippen molar-refractivity contribution in [3.05, 3.63) is 52.5 Å². The lowest BCUT2D eigenvalue weighted by Gasteiger charge is -2.17. The van der Waals surface area contributed by atoms with Gasteiger partial charge < -0.3 is 10.1 Å². The number of anilines is 1. The Morgan fingerprint density at radius 3 is 2.60 bits per heavy atom. The molecule has 2 heterocycles. The van der Waals surface area contributed by atoms with E-state index in [-0.39, 0.29) is 12.4 Å². The van der Waals surface area contributed by atoms with Crippen molar-refractivity contribution in [2.45, 2.75) is 33.7 Å². The molecular formula is C19H22N4O2. The van der Waals surface area contributed by atoms with Crippen LogP contribution in [0.4, 0.5) is 5.69 Å². The fourth-order valence-corrected chi connectivity index (χ4v) is 3.02. The first-order chi connectivity index (χ1) is 12.0. The van der Waals surface area contributed by atoms with E-state index in [2.05, 4.69) is 20.5 Å². The SMILES string of the molecule is COC(=O)Cc1c(C)nc2ccccc2c1NCc1c(C)n[nH]c1C. The molecule has 0 aliphatic carbocycles. The van der Waals surface area contributed by atoms with Crippen molar-refractivity contribution in [2.75, 3.05) is 12.4 Å². The van der Waals surface area contributed by atoms with E-state index < -0.39 is 0 Å². The molecule has 3 aromatic rings. The summed E-state index contributed by atoms with van der Waals surface area (Å²) in [4.78, 5) is 16.5. The molecule has 25 heavy (non-hydrogen) atoms. The molecule has 0 amide bonds. The fourth-order valence-electron chi connectivity index (χ4n) is 3.02. The molecule has 6 heteroatoms. The number of nitrogens with zero attached hydrogens (tertiary/aromatic N) is 2. The second-order valence-corrected chi connectivity index (χ2v) is 6.09. The van der Waals surface area contributed by atoms with Crippen LogP contribution in [0.3, 0.4) is 0 Å². The number of H-pyrrole nitrogens is 1. The van der Waals surface area contributed by atoms with Crippen LogP contribution in [0.15, 0.2) is 24.3 Å². The number of nitrogens with one attached hydrogen (secondary N) is 2. The molecule has 0 aliphatic heterocycles. The summed E-state index contributed by atoms with van der Waals surface area (Å²) < 4.78 is 4.86. The van der Waals surface area contributed by atoms with Crippen LogP contribution in [0.1, 0.15) is 28.2 Å². The molecule has 0 radical (unpaired) electrons. The van der Waals surface area contributed by atoms with Gasteiger partial charge in [-0.15, -0.1) is 0 Å². The molecule has 0 saturated carbocycles. The Morgan fingerprint density at radius 1 is 1.16 bits per heavy atom. The number of hydrogen-bond acceptors (Lipinski definition) is 5. The van der Waals surface area contributed by atoms with Crippen LogP contribution >= 0.6 is 0 Å². The Balaban J connectivity index is 2.06. The summed E-state index contributed by atoms with van der Waals surface area (Å²) in [6, 6.07) is 7.92. The largest absolute Gasteiger partial charge is 0.469 e. The number of ether oxygens (including phenoxy) is 1. The molecule has 0 bridgehead atoms. The van der Waals surface area contributed by atoms with E-state index in [4.69, 9.17) is 4.74 Å². The Bertz CT molecular complexity index is 911. The Kier molecular flexibility index (Phi) is 4.70. The third kappa shape index (κ3) is 3.33. The van der Waals surface area contributed by atoms with Crippen LogP contribution in [-0.4, -0.2) is 28.3 Å². The van der Waals surface area contributed by atoms with Gasteiger partial charge in [0.25, 0.3) is 0 Å². The van der Waals surface area contributed by atoms with Crippen LogP contribution in [-0.2, 0) is 22.5 Å². The number of esters is 1. The number of rotatable bonds is 5. The maximum absolute atomic E-state index is 11.9. The lowest BCUT2D eigenvalue weighted by molar-refractivity contribution is -0.139. The predicted molar refractivity (Wildman–Crippen MR) is 97.6 cm³/mol. The molecule has 0 spiro atoms. The van der Waals surface area contributed by atoms with E-state index in [0.717, 1.165) is 44.8 Å². The highest BCUT2D eigenvalue weighted by molar-refractivity contribution is 5.95. The highest BCUT2D eigenvalue weighted by atomic mass is 16.5. The highest BCUT2D eigenvalue weighted by Gasteiger charge is 2.17. The third-order valence-corrected chi connectivity index (χ3v) is 4.47. The number of aromatic amines is 1. The number of fused-ring (bicyclic) bond motifs is 1. The Labute approximate surface area is 146 Å². The predicted octanol–water partition coefficient (Wildman–Crippen LogP) is 3.21. The zero-order valence-electron chi connectivity index (χ0n) is 14.9. The Hall–Kier alpha value is -2.89. The summed E-state index contributed by atoms with van der Waals surface area (Å²) >= 11 is 0. The molecule has 130 valence electrons. The first-order valence-corrected chi connectivity index (χ1v) is 8.20. The second-order valence-electron chi connectivity index (χ2n) is 6.09. The summed E-state index contributed by atoms with van der Waals surface area (Å²) in [6.45, 7) is 6.52. The van der Waals surface area contributed by atoms with Crippen molar-refractivity contribution in [2.24, 2.45) is 0 Å². The topological polar surface area (TPSA) is 79.9 Å². The van der Waals surface area contributed by atoms with Gasteiger partial charge in [0.05, 0.1) is 24.7 Å². The van der Waals surface area contributed by atoms with Gasteiger partial charge in [-0.1, -0.05) is 18.2 Å². The van der Waals surface area contributed by atoms with Crippen LogP contribution < -0.4 is 5.32 Å². The number of methoxy groups -OCH3 is 1. The van der Waals surface area contributed by atoms with Crippen LogP contribution in [0.5, 0.6) is 0 Å². The molecule has 0 aliphatic rings. The minimum atomic E-state index is -0.279. The number of aryl methyl sites for hydroxylation is 3. The maximum Gasteiger partial charge on any atom is 0.310 e. The van der Waals surface area contributed by atoms with Crippen LogP contribution in [0, 0.1) is 20.8 Å². The van der Waals surface area contributed by atoms with E-state index in [1.165, 1.54) is 7.11 Å². The average molecular weight is 338 g/mol. The average Bonchev–Trinajstić information content (AvgIpc) is 2.92. The van der Waals surface area contributed by atoms with Crippen molar-refractivity contribution >= 4 is 22.6 Å². The first kappa shape index (κ1) is 17.0. The summed E-state index contributed by atoms with van der Waals surface area (Å²) in [6.07, 6.45) is 0.186. The summed E-state index contributed by atoms with van der Waals surface area (Å²) in [5.74, 6) is -0.279. The molecule has 1 aromatic carbocycles. The van der Waals surface area contributed by atoms with Gasteiger partial charge in [-0.25, -0.2) is 0 Å². The molecular weight excluding hydrogens is 316 g/mol. The van der Waals surface area contributed by atoms with Crippen LogP contribution in [0.25, 0.3) is 10.9 Å². The number of pyridine rings is 1. The van der Waals surface area contributed by atoms with Gasteiger partial charge in [-0.2, -0.15) is 5.10 Å². The van der Waals surface area contributed by atoms with Gasteiger partial charge in [-0.05, 0) is 26.8 Å². The van der Waals surface area contributed by atoms with Crippen LogP contribution in [0.2, 0.25) is 0 Å². The Morgan fingerprint density at radius 2 is 1.92 bits per heavy atom. The van der Waals surface area contributed by atoms with E-state index in [9.17, 15) is 4.79 Å². The minimum Gasteiger partial charge on any atom is -0.469 e. The van der Waals surface area contributed by atoms with Crippen molar-refractivity contribution in [3.63, 3.8) is 0 Å². The highest BCUT2D eigenvalue weighted by Crippen LogP contribution is 2.30. The van der Waals surface area contributed by atoms with Crippen molar-refractivity contribution in [3.8, 4) is 0 Å². The molecule has 3 rings (SSSR count). The number of carbonyl (C=O) groups is 1. The second kappa shape index (κ2) is 6.93. The minimum absolute atomic E-state index is 0.186. The lowest BCUT2D eigenvalue weighted by atomic mass is 10.0. The monoisotopic (exact) mass is 338 g/mol. The number of carbonyl (C=O) groups excluding carboxylic acids is 1. The molecule has 2 aromatic heterocycles. The first-order valence-electron chi connectivity index (χ1n) is 8.20. The third-order valence-electron chi connectivity index (χ3n) is 4.47. The van der Waals surface area contributed by atoms with Gasteiger partial charge in [0.1, 0.15) is 0 Å². The number of para-hydroxylation sites is 1. The van der Waals surface area contributed by atoms with E-state index in [1.54, 1.807) is 0 Å². The van der Waals surface area contributed by atoms with E-state index in [0.29, 0.717) is 6.54 Å². The standard InChI is InChI=1S/C19H22N4O2/c1-11-15(9-18(24)25-4)19(14-7-5-6-8-17(14)21-11)20-10-16-12(2)22-23-13(16)3/h5-8H,9-10H2,1-4H3,(H,20,21)(H,22,23). The summed E-state index contributed by atoms with van der Waals surface area (Å²) in [5.41, 5.74) is 6.65. The molecule has 0 unspecified atom stereocenters. The van der Waals surface area contributed by atoms with E-state index >= 15 is 0 Å². The zero-order chi connectivity index (χ0) is 18.0. The van der Waals surface area contributed by atoms with Gasteiger partial charge in [0.2, 0.25) is 0 Å². The molecule has 0 saturated heterocycles. The normalized spacial score (nSPS) is 10.9. The smallest absolute Gasteiger partial charge is 0.310 e. The maximum atomic E-state index is 11.9. The van der Waals surface area contributed by atoms with Gasteiger partial charge in [-0.3, -0.25) is 14.9 Å². The number of aromatic nitrogens is 3. The van der Waals surface area contributed by atoms with Crippen molar-refractivity contribution < 1.29 is 9.53 Å². The molecule has 2 N–H and O–H groups in total. The zero-order valence-corrected chi connectivity index (χ0v) is 14.9. The van der Waals surface area contributed by atoms with Gasteiger partial charge >= 0.3 is 5.97 Å². The summed E-state index contributed by atoms with van der Waals surface area (Å²) in [7, 11) is 1.40. The van der Waals surface area contributed by atoms with Gasteiger partial charge in [0.15, 0.2) is 0 Å². The van der Waals surface area contributed by atoms with Crippen molar-refractivity contribution in [1.29, 1.82) is 0 Å². The molecule has 6 nitrogen and oxygen atoms in total. The fraction of sp³-hybridized carbons (Fsp3) is 0.316. The quantitative estimate of drug-likeness (QED) is 0.698. The number of hydrogen-bond donors (Lipinski definition) is 2. The summed E-state index contributed by atoms with van der Waals surface area (Å²) in [5, 5.41) is 11.7. The number of benzene rings is 1.